The summed E-state index contributed by atoms with van der Waals surface area (Å²) in [5, 5.41) is 22.2. The minimum absolute atomic E-state index is 0.142. The number of aromatic hydroxyl groups is 1. The molecule has 0 amide bonds. The standard InChI is InChI=1S/C17H22N2O2/c1-13-4-3-5-14(17(13)21)12-18-15-6-8-16(9-7-15)19(2)10-11-20/h3-9,18,20-21H,10-12H2,1-2H3. The molecule has 0 unspecified atom stereocenters. The van der Waals surface area contributed by atoms with E-state index >= 15 is 0 Å². The molecule has 0 aliphatic heterocycles. The summed E-state index contributed by atoms with van der Waals surface area (Å²) in [5.41, 5.74) is 3.83. The van der Waals surface area contributed by atoms with Gasteiger partial charge in [0, 0.05) is 37.1 Å². The number of nitrogens with zero attached hydrogens (tertiary/aromatic N) is 1. The Kier molecular flexibility index (Phi) is 5.06. The molecule has 0 fully saturated rings. The van der Waals surface area contributed by atoms with Gasteiger partial charge in [0.15, 0.2) is 0 Å². The lowest BCUT2D eigenvalue weighted by molar-refractivity contribution is 0.304. The van der Waals surface area contributed by atoms with Gasteiger partial charge in [-0.05, 0) is 36.8 Å². The Morgan fingerprint density at radius 1 is 1.10 bits per heavy atom. The van der Waals surface area contributed by atoms with E-state index in [1.807, 2.05) is 61.3 Å². The summed E-state index contributed by atoms with van der Waals surface area (Å²) in [6.45, 7) is 3.23. The molecule has 21 heavy (non-hydrogen) atoms. The van der Waals surface area contributed by atoms with E-state index in [1.165, 1.54) is 0 Å². The van der Waals surface area contributed by atoms with Gasteiger partial charge in [0.05, 0.1) is 6.61 Å². The van der Waals surface area contributed by atoms with E-state index in [0.717, 1.165) is 22.5 Å². The Bertz CT molecular complexity index is 582. The second kappa shape index (κ2) is 6.99. The fourth-order valence-electron chi connectivity index (χ4n) is 2.17. The second-order valence-corrected chi connectivity index (χ2v) is 5.13. The zero-order valence-electron chi connectivity index (χ0n) is 12.5. The van der Waals surface area contributed by atoms with Crippen LogP contribution in [0, 0.1) is 6.92 Å². The molecule has 2 rings (SSSR count). The van der Waals surface area contributed by atoms with Gasteiger partial charge in [-0.25, -0.2) is 0 Å². The van der Waals surface area contributed by atoms with Crippen LogP contribution < -0.4 is 10.2 Å². The molecule has 0 saturated heterocycles. The fraction of sp³-hybridized carbons (Fsp3) is 0.294. The number of aliphatic hydroxyl groups is 1. The van der Waals surface area contributed by atoms with E-state index < -0.39 is 0 Å². The first-order valence-corrected chi connectivity index (χ1v) is 7.05. The van der Waals surface area contributed by atoms with Crippen LogP contribution in [0.4, 0.5) is 11.4 Å². The lowest BCUT2D eigenvalue weighted by Gasteiger charge is -2.18. The van der Waals surface area contributed by atoms with Crippen molar-refractivity contribution in [1.29, 1.82) is 0 Å². The van der Waals surface area contributed by atoms with Crippen LogP contribution in [-0.4, -0.2) is 30.4 Å². The van der Waals surface area contributed by atoms with E-state index in [-0.39, 0.29) is 6.61 Å². The first-order valence-electron chi connectivity index (χ1n) is 7.05. The number of aryl methyl sites for hydroxylation is 1. The number of aliphatic hydroxyl groups excluding tert-OH is 1. The van der Waals surface area contributed by atoms with Gasteiger partial charge in [-0.15, -0.1) is 0 Å². The molecule has 0 saturated carbocycles. The highest BCUT2D eigenvalue weighted by atomic mass is 16.3. The van der Waals surface area contributed by atoms with E-state index in [9.17, 15) is 5.11 Å². The third-order valence-electron chi connectivity index (χ3n) is 3.55. The molecule has 4 nitrogen and oxygen atoms in total. The van der Waals surface area contributed by atoms with Gasteiger partial charge in [0.25, 0.3) is 0 Å². The molecule has 0 aromatic heterocycles. The van der Waals surface area contributed by atoms with Crippen molar-refractivity contribution in [2.24, 2.45) is 0 Å². The van der Waals surface area contributed by atoms with Gasteiger partial charge in [-0.3, -0.25) is 0 Å². The molecular weight excluding hydrogens is 264 g/mol. The van der Waals surface area contributed by atoms with Crippen molar-refractivity contribution in [3.63, 3.8) is 0 Å². The quantitative estimate of drug-likeness (QED) is 0.764. The molecule has 112 valence electrons. The zero-order valence-corrected chi connectivity index (χ0v) is 12.5. The van der Waals surface area contributed by atoms with E-state index in [1.54, 1.807) is 0 Å². The number of hydrogen-bond acceptors (Lipinski definition) is 4. The molecule has 0 atom stereocenters. The molecule has 0 heterocycles. The maximum Gasteiger partial charge on any atom is 0.123 e. The Hall–Kier alpha value is -2.20. The van der Waals surface area contributed by atoms with E-state index in [4.69, 9.17) is 5.11 Å². The molecule has 4 heteroatoms. The highest BCUT2D eigenvalue weighted by Crippen LogP contribution is 2.23. The summed E-state index contributed by atoms with van der Waals surface area (Å²) in [6.07, 6.45) is 0. The molecule has 3 N–H and O–H groups in total. The number of likely N-dealkylation sites (N-methyl/N-ethyl adjacent to an activating group) is 1. The van der Waals surface area contributed by atoms with Crippen molar-refractivity contribution >= 4 is 11.4 Å². The number of para-hydroxylation sites is 1. The van der Waals surface area contributed by atoms with Crippen LogP contribution in [0.25, 0.3) is 0 Å². The summed E-state index contributed by atoms with van der Waals surface area (Å²) >= 11 is 0. The number of hydrogen-bond donors (Lipinski definition) is 3. The van der Waals surface area contributed by atoms with Crippen LogP contribution in [0.5, 0.6) is 5.75 Å². The number of anilines is 2. The molecule has 0 bridgehead atoms. The Morgan fingerprint density at radius 3 is 2.48 bits per heavy atom. The topological polar surface area (TPSA) is 55.7 Å². The van der Waals surface area contributed by atoms with Crippen LogP contribution in [0.2, 0.25) is 0 Å². The van der Waals surface area contributed by atoms with Gasteiger partial charge >= 0.3 is 0 Å². The zero-order chi connectivity index (χ0) is 15.2. The minimum Gasteiger partial charge on any atom is -0.507 e. The number of phenols is 1. The van der Waals surface area contributed by atoms with Crippen LogP contribution in [-0.2, 0) is 6.54 Å². The van der Waals surface area contributed by atoms with Crippen molar-refractivity contribution in [3.05, 3.63) is 53.6 Å². The summed E-state index contributed by atoms with van der Waals surface area (Å²) < 4.78 is 0. The van der Waals surface area contributed by atoms with Crippen molar-refractivity contribution in [1.82, 2.24) is 0 Å². The highest BCUT2D eigenvalue weighted by molar-refractivity contribution is 5.55. The van der Waals surface area contributed by atoms with Crippen LogP contribution in [0.1, 0.15) is 11.1 Å². The monoisotopic (exact) mass is 286 g/mol. The van der Waals surface area contributed by atoms with E-state index in [0.29, 0.717) is 18.8 Å². The number of nitrogens with one attached hydrogen (secondary N) is 1. The summed E-state index contributed by atoms with van der Waals surface area (Å²) in [7, 11) is 1.95. The molecule has 0 spiro atoms. The molecule has 2 aromatic carbocycles. The summed E-state index contributed by atoms with van der Waals surface area (Å²) in [4.78, 5) is 2.00. The van der Waals surface area contributed by atoms with Crippen LogP contribution in [0.3, 0.4) is 0 Å². The molecule has 2 aromatic rings. The SMILES string of the molecule is Cc1cccc(CNc2ccc(N(C)CCO)cc2)c1O. The average Bonchev–Trinajstić information content (AvgIpc) is 2.49. The highest BCUT2D eigenvalue weighted by Gasteiger charge is 2.04. The maximum atomic E-state index is 9.98. The average molecular weight is 286 g/mol. The predicted molar refractivity (Wildman–Crippen MR) is 87.0 cm³/mol. The summed E-state index contributed by atoms with van der Waals surface area (Å²) in [5.74, 6) is 0.351. The minimum atomic E-state index is 0.142. The van der Waals surface area contributed by atoms with Crippen LogP contribution >= 0.6 is 0 Å². The number of phenolic OH excluding ortho intramolecular Hbond substituents is 1. The molecule has 0 radical (unpaired) electrons. The first-order chi connectivity index (χ1) is 10.1. The van der Waals surface area contributed by atoms with Crippen molar-refractivity contribution in [2.75, 3.05) is 30.4 Å². The lowest BCUT2D eigenvalue weighted by Crippen LogP contribution is -2.20. The third-order valence-corrected chi connectivity index (χ3v) is 3.55. The fourth-order valence-corrected chi connectivity index (χ4v) is 2.17. The number of benzene rings is 2. The van der Waals surface area contributed by atoms with Gasteiger partial charge in [0.1, 0.15) is 5.75 Å². The molecule has 0 aliphatic rings. The maximum absolute atomic E-state index is 9.98. The predicted octanol–water partition coefficient (Wildman–Crippen LogP) is 2.74. The van der Waals surface area contributed by atoms with Crippen molar-refractivity contribution in [2.45, 2.75) is 13.5 Å². The Labute approximate surface area is 125 Å². The van der Waals surface area contributed by atoms with Crippen molar-refractivity contribution in [3.8, 4) is 5.75 Å². The van der Waals surface area contributed by atoms with Gasteiger partial charge < -0.3 is 20.4 Å². The van der Waals surface area contributed by atoms with E-state index in [2.05, 4.69) is 5.32 Å². The van der Waals surface area contributed by atoms with Gasteiger partial charge in [-0.2, -0.15) is 0 Å². The van der Waals surface area contributed by atoms with Crippen molar-refractivity contribution < 1.29 is 10.2 Å². The second-order valence-electron chi connectivity index (χ2n) is 5.13. The Morgan fingerprint density at radius 2 is 1.81 bits per heavy atom. The van der Waals surface area contributed by atoms with Gasteiger partial charge in [0.2, 0.25) is 0 Å². The molecular formula is C17H22N2O2. The smallest absolute Gasteiger partial charge is 0.123 e. The first kappa shape index (κ1) is 15.2. The normalized spacial score (nSPS) is 10.4. The summed E-state index contributed by atoms with van der Waals surface area (Å²) in [6, 6.07) is 13.8. The van der Waals surface area contributed by atoms with Gasteiger partial charge in [-0.1, -0.05) is 18.2 Å². The number of rotatable bonds is 6. The third kappa shape index (κ3) is 3.89. The van der Waals surface area contributed by atoms with Crippen LogP contribution in [0.15, 0.2) is 42.5 Å². The Balaban J connectivity index is 1.99. The largest absolute Gasteiger partial charge is 0.507 e. The molecule has 0 aliphatic carbocycles. The lowest BCUT2D eigenvalue weighted by atomic mass is 10.1.